The molecule has 17 heavy (non-hydrogen) atoms. The third kappa shape index (κ3) is 2.73. The number of rotatable bonds is 4. The highest BCUT2D eigenvalue weighted by atomic mass is 79.9. The number of halogens is 1. The molecule has 1 heterocycles. The van der Waals surface area contributed by atoms with Crippen molar-refractivity contribution >= 4 is 15.9 Å². The summed E-state index contributed by atoms with van der Waals surface area (Å²) in [5.74, 6) is 1.51. The largest absolute Gasteiger partial charge is 0.486 e. The summed E-state index contributed by atoms with van der Waals surface area (Å²) in [7, 11) is 0. The first-order valence-electron chi connectivity index (χ1n) is 5.67. The average molecular weight is 302 g/mol. The molecule has 1 atom stereocenters. The van der Waals surface area contributed by atoms with E-state index in [1.165, 1.54) is 0 Å². The second-order valence-electron chi connectivity index (χ2n) is 3.71. The number of ether oxygens (including phenoxy) is 3. The number of benzene rings is 1. The van der Waals surface area contributed by atoms with Crippen LogP contribution in [0.25, 0.3) is 0 Å². The number of hydrogen-bond donors (Lipinski definition) is 1. The van der Waals surface area contributed by atoms with Gasteiger partial charge in [0, 0.05) is 13.2 Å². The van der Waals surface area contributed by atoms with E-state index in [-0.39, 0.29) is 6.10 Å². The first-order valence-corrected chi connectivity index (χ1v) is 6.46. The van der Waals surface area contributed by atoms with Gasteiger partial charge in [-0.1, -0.05) is 0 Å². The molecule has 1 aliphatic heterocycles. The zero-order valence-corrected chi connectivity index (χ0v) is 11.3. The van der Waals surface area contributed by atoms with E-state index in [2.05, 4.69) is 15.9 Å². The van der Waals surface area contributed by atoms with Gasteiger partial charge in [0.25, 0.3) is 0 Å². The van der Waals surface area contributed by atoms with Gasteiger partial charge in [0.2, 0.25) is 0 Å². The molecule has 1 unspecified atom stereocenters. The zero-order chi connectivity index (χ0) is 12.3. The fourth-order valence-corrected chi connectivity index (χ4v) is 2.39. The van der Waals surface area contributed by atoms with Crippen molar-refractivity contribution in [3.05, 3.63) is 22.2 Å². The zero-order valence-electron chi connectivity index (χ0n) is 9.74. The smallest absolute Gasteiger partial charge is 0.175 e. The van der Waals surface area contributed by atoms with Crippen LogP contribution in [0.5, 0.6) is 11.5 Å². The number of fused-ring (bicyclic) bond motifs is 1. The first-order chi connectivity index (χ1) is 8.26. The maximum Gasteiger partial charge on any atom is 0.175 e. The molecule has 0 bridgehead atoms. The van der Waals surface area contributed by atoms with Crippen molar-refractivity contribution in [2.75, 3.05) is 26.4 Å². The Labute approximate surface area is 109 Å². The van der Waals surface area contributed by atoms with Crippen LogP contribution in [0.1, 0.15) is 18.6 Å². The summed E-state index contributed by atoms with van der Waals surface area (Å²) in [6.07, 6.45) is -0.105. The van der Waals surface area contributed by atoms with Gasteiger partial charge < -0.3 is 19.9 Å². The predicted octanol–water partition coefficient (Wildman–Crippen LogP) is 2.26. The summed E-state index contributed by atoms with van der Waals surface area (Å²) in [4.78, 5) is 0. The molecular weight excluding hydrogens is 286 g/mol. The van der Waals surface area contributed by atoms with Gasteiger partial charge in [-0.3, -0.25) is 0 Å². The molecule has 0 fully saturated rings. The molecule has 0 saturated heterocycles. The second-order valence-corrected chi connectivity index (χ2v) is 4.56. The topological polar surface area (TPSA) is 53.7 Å². The van der Waals surface area contributed by atoms with Crippen LogP contribution in [-0.2, 0) is 4.74 Å². The van der Waals surface area contributed by atoms with Crippen LogP contribution >= 0.6 is 15.9 Å². The quantitative estimate of drug-likeness (QED) is 0.927. The van der Waals surface area contributed by atoms with Crippen LogP contribution in [0.2, 0.25) is 0 Å². The molecule has 2 rings (SSSR count). The maximum atomic E-state index is 5.70. The highest BCUT2D eigenvalue weighted by molar-refractivity contribution is 9.10. The van der Waals surface area contributed by atoms with E-state index in [0.717, 1.165) is 21.5 Å². The Kier molecular flexibility index (Phi) is 4.25. The second kappa shape index (κ2) is 5.71. The SMILES string of the molecule is CCOC(CN)c1cc(Br)c2c(c1)OCCO2. The third-order valence-corrected chi connectivity index (χ3v) is 3.16. The average Bonchev–Trinajstić information content (AvgIpc) is 2.36. The van der Waals surface area contributed by atoms with Gasteiger partial charge in [-0.05, 0) is 40.5 Å². The monoisotopic (exact) mass is 301 g/mol. The van der Waals surface area contributed by atoms with Crippen molar-refractivity contribution in [2.24, 2.45) is 5.73 Å². The molecule has 0 amide bonds. The Morgan fingerprint density at radius 3 is 2.88 bits per heavy atom. The Morgan fingerprint density at radius 1 is 1.41 bits per heavy atom. The predicted molar refractivity (Wildman–Crippen MR) is 68.6 cm³/mol. The van der Waals surface area contributed by atoms with Crippen molar-refractivity contribution in [3.8, 4) is 11.5 Å². The van der Waals surface area contributed by atoms with Crippen molar-refractivity contribution in [3.63, 3.8) is 0 Å². The Hall–Kier alpha value is -0.780. The lowest BCUT2D eigenvalue weighted by molar-refractivity contribution is 0.0682. The minimum absolute atomic E-state index is 0.105. The van der Waals surface area contributed by atoms with Gasteiger partial charge in [-0.2, -0.15) is 0 Å². The minimum Gasteiger partial charge on any atom is -0.486 e. The number of hydrogen-bond acceptors (Lipinski definition) is 4. The van der Waals surface area contributed by atoms with E-state index >= 15 is 0 Å². The lowest BCUT2D eigenvalue weighted by atomic mass is 10.1. The molecule has 0 aromatic heterocycles. The lowest BCUT2D eigenvalue weighted by Crippen LogP contribution is -2.18. The summed E-state index contributed by atoms with van der Waals surface area (Å²) in [5.41, 5.74) is 6.71. The van der Waals surface area contributed by atoms with Gasteiger partial charge >= 0.3 is 0 Å². The fourth-order valence-electron chi connectivity index (χ4n) is 1.82. The summed E-state index contributed by atoms with van der Waals surface area (Å²) >= 11 is 3.48. The summed E-state index contributed by atoms with van der Waals surface area (Å²) in [6.45, 7) is 4.19. The Balaban J connectivity index is 2.32. The molecule has 0 aliphatic carbocycles. The normalized spacial score (nSPS) is 15.7. The molecule has 1 aliphatic rings. The molecule has 0 saturated carbocycles. The number of nitrogens with two attached hydrogens (primary N) is 1. The summed E-state index contributed by atoms with van der Waals surface area (Å²) in [5, 5.41) is 0. The van der Waals surface area contributed by atoms with Crippen LogP contribution in [0.15, 0.2) is 16.6 Å². The lowest BCUT2D eigenvalue weighted by Gasteiger charge is -2.22. The molecule has 0 spiro atoms. The molecule has 94 valence electrons. The van der Waals surface area contributed by atoms with Gasteiger partial charge in [-0.25, -0.2) is 0 Å². The van der Waals surface area contributed by atoms with Gasteiger partial charge in [0.15, 0.2) is 11.5 Å². The van der Waals surface area contributed by atoms with Crippen molar-refractivity contribution < 1.29 is 14.2 Å². The van der Waals surface area contributed by atoms with Crippen LogP contribution in [0.4, 0.5) is 0 Å². The fraction of sp³-hybridized carbons (Fsp3) is 0.500. The van der Waals surface area contributed by atoms with E-state index in [1.807, 2.05) is 19.1 Å². The van der Waals surface area contributed by atoms with Crippen molar-refractivity contribution in [1.29, 1.82) is 0 Å². The van der Waals surface area contributed by atoms with Crippen molar-refractivity contribution in [2.45, 2.75) is 13.0 Å². The summed E-state index contributed by atoms with van der Waals surface area (Å²) in [6, 6.07) is 3.91. The molecule has 0 radical (unpaired) electrons. The van der Waals surface area contributed by atoms with Crippen LogP contribution < -0.4 is 15.2 Å². The van der Waals surface area contributed by atoms with Crippen molar-refractivity contribution in [1.82, 2.24) is 0 Å². The molecule has 1 aromatic carbocycles. The van der Waals surface area contributed by atoms with Gasteiger partial charge in [0.1, 0.15) is 13.2 Å². The van der Waals surface area contributed by atoms with E-state index in [0.29, 0.717) is 26.4 Å². The van der Waals surface area contributed by atoms with Gasteiger partial charge in [-0.15, -0.1) is 0 Å². The van der Waals surface area contributed by atoms with E-state index in [9.17, 15) is 0 Å². The first kappa shape index (κ1) is 12.7. The Morgan fingerprint density at radius 2 is 2.18 bits per heavy atom. The van der Waals surface area contributed by atoms with E-state index < -0.39 is 0 Å². The van der Waals surface area contributed by atoms with E-state index in [1.54, 1.807) is 0 Å². The molecule has 2 N–H and O–H groups in total. The third-order valence-electron chi connectivity index (χ3n) is 2.57. The maximum absolute atomic E-state index is 5.70. The molecule has 1 aromatic rings. The van der Waals surface area contributed by atoms with E-state index in [4.69, 9.17) is 19.9 Å². The minimum atomic E-state index is -0.105. The standard InChI is InChI=1S/C12H16BrNO3/c1-2-15-11(7-14)8-5-9(13)12-10(6-8)16-3-4-17-12/h5-6,11H,2-4,7,14H2,1H3. The highest BCUT2D eigenvalue weighted by Crippen LogP contribution is 2.40. The Bertz CT molecular complexity index is 398. The molecule has 4 nitrogen and oxygen atoms in total. The molecule has 5 heteroatoms. The summed E-state index contributed by atoms with van der Waals surface area (Å²) < 4.78 is 17.6. The highest BCUT2D eigenvalue weighted by Gasteiger charge is 2.19. The van der Waals surface area contributed by atoms with Crippen LogP contribution in [-0.4, -0.2) is 26.4 Å². The van der Waals surface area contributed by atoms with Crippen LogP contribution in [0, 0.1) is 0 Å². The van der Waals surface area contributed by atoms with Crippen LogP contribution in [0.3, 0.4) is 0 Å². The van der Waals surface area contributed by atoms with Gasteiger partial charge in [0.05, 0.1) is 10.6 Å². The molecular formula is C12H16BrNO3.